The average Bonchev–Trinajstić information content (AvgIpc) is 2.81. The van der Waals surface area contributed by atoms with Crippen molar-refractivity contribution >= 4 is 39.8 Å². The number of fused-ring (bicyclic) bond motifs is 1. The molecular weight excluding hydrogens is 410 g/mol. The maximum Gasteiger partial charge on any atom is 0.338 e. The fourth-order valence-electron chi connectivity index (χ4n) is 3.26. The normalized spacial score (nSPS) is 10.5. The number of benzene rings is 3. The minimum Gasteiger partial charge on any atom is -0.478 e. The summed E-state index contributed by atoms with van der Waals surface area (Å²) >= 11 is 0. The monoisotopic (exact) mass is 435 g/mol. The lowest BCUT2D eigenvalue weighted by atomic mass is 10.0. The molecule has 0 heterocycles. The Labute approximate surface area is 185 Å². The first-order valence-electron chi connectivity index (χ1n) is 10.4. The van der Waals surface area contributed by atoms with Crippen LogP contribution in [0.4, 0.5) is 17.1 Å². The molecule has 0 aliphatic heterocycles. The first-order chi connectivity index (χ1) is 15.5. The second kappa shape index (κ2) is 10.9. The highest BCUT2D eigenvalue weighted by atomic mass is 16.5. The van der Waals surface area contributed by atoms with E-state index in [0.717, 1.165) is 18.4 Å². The molecule has 3 N–H and O–H groups in total. The Hall–Kier alpha value is -3.94. The zero-order valence-electron chi connectivity index (χ0n) is 17.8. The van der Waals surface area contributed by atoms with Gasteiger partial charge < -0.3 is 15.3 Å². The Morgan fingerprint density at radius 2 is 1.81 bits per heavy atom. The topological polar surface area (TPSA) is 117 Å². The molecule has 0 fully saturated rings. The second-order valence-electron chi connectivity index (χ2n) is 7.29. The van der Waals surface area contributed by atoms with E-state index in [1.807, 2.05) is 31.2 Å². The second-order valence-corrected chi connectivity index (χ2v) is 7.29. The van der Waals surface area contributed by atoms with E-state index in [4.69, 9.17) is 4.74 Å². The summed E-state index contributed by atoms with van der Waals surface area (Å²) in [5.41, 5.74) is 7.53. The number of unbranched alkanes of at least 4 members (excludes halogenated alkanes) is 1. The van der Waals surface area contributed by atoms with Crippen LogP contribution in [0.3, 0.4) is 0 Å². The summed E-state index contributed by atoms with van der Waals surface area (Å²) in [5, 5.41) is 13.8. The summed E-state index contributed by atoms with van der Waals surface area (Å²) in [5.74, 6) is -1.44. The largest absolute Gasteiger partial charge is 0.478 e. The summed E-state index contributed by atoms with van der Waals surface area (Å²) in [6.45, 7) is 2.50. The number of nitrogens with zero attached hydrogens (tertiary/aromatic N) is 1. The molecule has 0 radical (unpaired) electrons. The van der Waals surface area contributed by atoms with Gasteiger partial charge in [0.1, 0.15) is 5.69 Å². The van der Waals surface area contributed by atoms with Crippen molar-refractivity contribution in [2.75, 3.05) is 17.5 Å². The van der Waals surface area contributed by atoms with Crippen molar-refractivity contribution in [1.82, 2.24) is 0 Å². The maximum atomic E-state index is 11.7. The van der Waals surface area contributed by atoms with E-state index in [2.05, 4.69) is 16.0 Å². The number of nitrogens with one attached hydrogen (secondary N) is 2. The molecule has 0 aromatic heterocycles. The first kappa shape index (κ1) is 22.7. The standard InChI is InChI=1S/C24H25N3O5/c1-2-3-14-32-21(28)13-10-16-8-11-18(12-9-16)25-26-22-19-7-5-4-6-17(19)15-20(24(29)30)23(22)27-31/h4-9,11-12,15,25-26H,2-3,10,13-14H2,1H3,(H,29,30). The molecule has 3 aromatic rings. The highest BCUT2D eigenvalue weighted by Crippen LogP contribution is 2.37. The molecule has 0 saturated carbocycles. The summed E-state index contributed by atoms with van der Waals surface area (Å²) < 4.78 is 5.16. The van der Waals surface area contributed by atoms with Crippen molar-refractivity contribution in [3.05, 3.63) is 70.6 Å². The van der Waals surface area contributed by atoms with Crippen LogP contribution in [0.25, 0.3) is 10.8 Å². The van der Waals surface area contributed by atoms with Crippen molar-refractivity contribution < 1.29 is 19.4 Å². The number of carbonyl (C=O) groups excluding carboxylic acids is 1. The van der Waals surface area contributed by atoms with Gasteiger partial charge >= 0.3 is 11.9 Å². The number of hydrazine groups is 1. The smallest absolute Gasteiger partial charge is 0.338 e. The molecule has 0 aliphatic carbocycles. The van der Waals surface area contributed by atoms with Crippen molar-refractivity contribution in [1.29, 1.82) is 0 Å². The number of aromatic carboxylic acids is 1. The van der Waals surface area contributed by atoms with Gasteiger partial charge in [-0.2, -0.15) is 0 Å². The van der Waals surface area contributed by atoms with Gasteiger partial charge in [-0.3, -0.25) is 10.2 Å². The molecule has 0 unspecified atom stereocenters. The predicted molar refractivity (Wildman–Crippen MR) is 124 cm³/mol. The summed E-state index contributed by atoms with van der Waals surface area (Å²) in [4.78, 5) is 34.8. The maximum absolute atomic E-state index is 11.7. The molecule has 0 bridgehead atoms. The van der Waals surface area contributed by atoms with Crippen LogP contribution in [0, 0.1) is 4.91 Å². The SMILES string of the molecule is CCCCOC(=O)CCc1ccc(NNc2c(N=O)c(C(=O)O)cc3ccccc23)cc1. The average molecular weight is 435 g/mol. The van der Waals surface area contributed by atoms with Gasteiger partial charge in [0, 0.05) is 11.8 Å². The van der Waals surface area contributed by atoms with E-state index < -0.39 is 5.97 Å². The third kappa shape index (κ3) is 5.60. The molecule has 0 atom stereocenters. The highest BCUT2D eigenvalue weighted by molar-refractivity contribution is 6.08. The molecular formula is C24H25N3O5. The first-order valence-corrected chi connectivity index (χ1v) is 10.4. The Bertz CT molecular complexity index is 1110. The highest BCUT2D eigenvalue weighted by Gasteiger charge is 2.19. The van der Waals surface area contributed by atoms with Gasteiger partial charge in [0.05, 0.1) is 23.5 Å². The van der Waals surface area contributed by atoms with Crippen LogP contribution in [0.1, 0.15) is 42.1 Å². The lowest BCUT2D eigenvalue weighted by Crippen LogP contribution is -2.11. The summed E-state index contributed by atoms with van der Waals surface area (Å²) in [6, 6.07) is 16.0. The number of carboxylic acid groups (broad SMARTS) is 1. The Morgan fingerprint density at radius 3 is 2.50 bits per heavy atom. The number of aryl methyl sites for hydroxylation is 1. The molecule has 32 heavy (non-hydrogen) atoms. The van der Waals surface area contributed by atoms with Gasteiger partial charge in [0.2, 0.25) is 0 Å². The predicted octanol–water partition coefficient (Wildman–Crippen LogP) is 5.65. The summed E-state index contributed by atoms with van der Waals surface area (Å²) in [7, 11) is 0. The van der Waals surface area contributed by atoms with E-state index in [9.17, 15) is 19.6 Å². The van der Waals surface area contributed by atoms with Gasteiger partial charge in [-0.25, -0.2) is 4.79 Å². The number of carboxylic acids is 1. The van der Waals surface area contributed by atoms with Gasteiger partial charge in [-0.15, -0.1) is 4.91 Å². The molecule has 8 nitrogen and oxygen atoms in total. The van der Waals surface area contributed by atoms with Crippen LogP contribution in [-0.2, 0) is 16.0 Å². The number of ether oxygens (including phenoxy) is 1. The minimum atomic E-state index is -1.23. The van der Waals surface area contributed by atoms with Crippen molar-refractivity contribution in [2.24, 2.45) is 5.18 Å². The zero-order chi connectivity index (χ0) is 22.9. The van der Waals surface area contributed by atoms with E-state index in [1.54, 1.807) is 24.3 Å². The number of carbonyl (C=O) groups is 2. The third-order valence-corrected chi connectivity index (χ3v) is 5.01. The van der Waals surface area contributed by atoms with Gasteiger partial charge in [0.25, 0.3) is 0 Å². The molecule has 3 rings (SSSR count). The fourth-order valence-corrected chi connectivity index (χ4v) is 3.26. The minimum absolute atomic E-state index is 0.177. The number of hydrogen-bond acceptors (Lipinski definition) is 7. The molecule has 166 valence electrons. The molecule has 0 aliphatic rings. The van der Waals surface area contributed by atoms with Crippen LogP contribution >= 0.6 is 0 Å². The van der Waals surface area contributed by atoms with E-state index in [-0.39, 0.29) is 22.9 Å². The van der Waals surface area contributed by atoms with Crippen LogP contribution in [0.2, 0.25) is 0 Å². The van der Waals surface area contributed by atoms with Crippen LogP contribution < -0.4 is 10.9 Å². The number of hydrogen-bond donors (Lipinski definition) is 3. The number of nitroso groups, excluding NO2 is 1. The number of rotatable bonds is 11. The molecule has 0 amide bonds. The zero-order valence-corrected chi connectivity index (χ0v) is 17.8. The Kier molecular flexibility index (Phi) is 7.75. The number of anilines is 2. The Balaban J connectivity index is 1.70. The third-order valence-electron chi connectivity index (χ3n) is 5.01. The van der Waals surface area contributed by atoms with Gasteiger partial charge in [0.15, 0.2) is 0 Å². The van der Waals surface area contributed by atoms with Crippen molar-refractivity contribution in [3.63, 3.8) is 0 Å². The fraction of sp³-hybridized carbons (Fsp3) is 0.250. The molecule has 8 heteroatoms. The van der Waals surface area contributed by atoms with Crippen LogP contribution in [0.15, 0.2) is 59.8 Å². The number of esters is 1. The lowest BCUT2D eigenvalue weighted by molar-refractivity contribution is -0.143. The molecule has 0 saturated heterocycles. The van der Waals surface area contributed by atoms with Crippen molar-refractivity contribution in [3.8, 4) is 0 Å². The van der Waals surface area contributed by atoms with E-state index >= 15 is 0 Å². The van der Waals surface area contributed by atoms with Gasteiger partial charge in [-0.1, -0.05) is 49.7 Å². The Morgan fingerprint density at radius 1 is 1.06 bits per heavy atom. The van der Waals surface area contributed by atoms with Gasteiger partial charge in [-0.05, 0) is 47.2 Å². The molecule has 0 spiro atoms. The lowest BCUT2D eigenvalue weighted by Gasteiger charge is -2.15. The van der Waals surface area contributed by atoms with Crippen molar-refractivity contribution in [2.45, 2.75) is 32.6 Å². The van der Waals surface area contributed by atoms with E-state index in [0.29, 0.717) is 35.9 Å². The van der Waals surface area contributed by atoms with E-state index in [1.165, 1.54) is 6.07 Å². The van der Waals surface area contributed by atoms with Crippen LogP contribution in [0.5, 0.6) is 0 Å². The molecule has 3 aromatic carbocycles. The van der Waals surface area contributed by atoms with Crippen LogP contribution in [-0.4, -0.2) is 23.7 Å². The summed E-state index contributed by atoms with van der Waals surface area (Å²) in [6.07, 6.45) is 2.74. The quantitative estimate of drug-likeness (QED) is 0.154.